The van der Waals surface area contributed by atoms with E-state index in [4.69, 9.17) is 5.73 Å². The van der Waals surface area contributed by atoms with E-state index in [0.717, 1.165) is 0 Å². The van der Waals surface area contributed by atoms with Crippen LogP contribution in [0, 0.1) is 0 Å². The predicted octanol–water partition coefficient (Wildman–Crippen LogP) is -2.09. The number of aliphatic carboxylic acids is 2. The fourth-order valence-corrected chi connectivity index (χ4v) is 4.81. The smallest absolute Gasteiger partial charge is 0.326 e. The zero-order valence-electron chi connectivity index (χ0n) is 23.8. The van der Waals surface area contributed by atoms with Crippen molar-refractivity contribution < 1.29 is 44.1 Å². The van der Waals surface area contributed by atoms with Crippen molar-refractivity contribution in [2.24, 2.45) is 5.73 Å². The van der Waals surface area contributed by atoms with Gasteiger partial charge in [0.15, 0.2) is 0 Å². The number of imidazole rings is 1. The minimum atomic E-state index is -1.46. The molecule has 1 saturated heterocycles. The molecule has 0 aliphatic carbocycles. The van der Waals surface area contributed by atoms with Crippen LogP contribution in [0.5, 0.6) is 0 Å². The van der Waals surface area contributed by atoms with Crippen LogP contribution in [0.1, 0.15) is 36.9 Å². The number of benzene rings is 1. The number of carbonyl (C=O) groups is 6. The number of nitrogens with two attached hydrogens (primary N) is 1. The molecule has 44 heavy (non-hydrogen) atoms. The van der Waals surface area contributed by atoms with Crippen molar-refractivity contribution >= 4 is 35.6 Å². The van der Waals surface area contributed by atoms with Gasteiger partial charge in [0.05, 0.1) is 18.6 Å². The second kappa shape index (κ2) is 16.1. The fraction of sp³-hybridized carbons (Fsp3) is 0.464. The molecule has 3 rings (SSSR count). The molecule has 1 aromatic heterocycles. The third-order valence-electron chi connectivity index (χ3n) is 7.13. The number of hydrogen-bond donors (Lipinski definition) is 8. The summed E-state index contributed by atoms with van der Waals surface area (Å²) >= 11 is 0. The molecule has 1 aliphatic rings. The fourth-order valence-electron chi connectivity index (χ4n) is 4.81. The van der Waals surface area contributed by atoms with Gasteiger partial charge in [0.2, 0.25) is 23.6 Å². The van der Waals surface area contributed by atoms with Crippen LogP contribution in [-0.4, -0.2) is 109 Å². The first kappa shape index (κ1) is 33.7. The third-order valence-corrected chi connectivity index (χ3v) is 7.13. The second-order valence-corrected chi connectivity index (χ2v) is 10.4. The zero-order chi connectivity index (χ0) is 32.2. The molecular formula is C28H37N7O9. The highest BCUT2D eigenvalue weighted by Gasteiger charge is 2.38. The van der Waals surface area contributed by atoms with Crippen molar-refractivity contribution in [1.82, 2.24) is 30.8 Å². The Bertz CT molecular complexity index is 1310. The number of carboxylic acids is 2. The maximum Gasteiger partial charge on any atom is 0.326 e. The molecule has 16 heteroatoms. The number of aromatic amines is 1. The highest BCUT2D eigenvalue weighted by Crippen LogP contribution is 2.19. The summed E-state index contributed by atoms with van der Waals surface area (Å²) in [7, 11) is 0. The summed E-state index contributed by atoms with van der Waals surface area (Å²) in [6.07, 6.45) is 2.56. The Morgan fingerprint density at radius 1 is 0.977 bits per heavy atom. The van der Waals surface area contributed by atoms with Gasteiger partial charge < -0.3 is 46.9 Å². The summed E-state index contributed by atoms with van der Waals surface area (Å²) in [6, 6.07) is 2.23. The molecule has 238 valence electrons. The van der Waals surface area contributed by atoms with Gasteiger partial charge in [-0.25, -0.2) is 9.78 Å². The maximum atomic E-state index is 13.5. The summed E-state index contributed by atoms with van der Waals surface area (Å²) in [5.41, 5.74) is 6.68. The van der Waals surface area contributed by atoms with E-state index >= 15 is 0 Å². The summed E-state index contributed by atoms with van der Waals surface area (Å²) < 4.78 is 0. The van der Waals surface area contributed by atoms with Gasteiger partial charge in [0, 0.05) is 32.0 Å². The lowest BCUT2D eigenvalue weighted by Gasteiger charge is -2.28. The highest BCUT2D eigenvalue weighted by atomic mass is 16.4. The largest absolute Gasteiger partial charge is 0.481 e. The first-order valence-electron chi connectivity index (χ1n) is 14.0. The Labute approximate surface area is 252 Å². The molecule has 1 aromatic carbocycles. The monoisotopic (exact) mass is 615 g/mol. The van der Waals surface area contributed by atoms with Crippen molar-refractivity contribution in [3.8, 4) is 0 Å². The number of nitrogens with one attached hydrogen (secondary N) is 4. The average Bonchev–Trinajstić information content (AvgIpc) is 3.70. The van der Waals surface area contributed by atoms with Crippen molar-refractivity contribution in [2.45, 2.75) is 68.7 Å². The molecule has 1 aliphatic heterocycles. The summed E-state index contributed by atoms with van der Waals surface area (Å²) in [4.78, 5) is 83.9. The Morgan fingerprint density at radius 3 is 2.27 bits per heavy atom. The molecular weight excluding hydrogens is 578 g/mol. The number of aromatic nitrogens is 2. The molecule has 2 heterocycles. The van der Waals surface area contributed by atoms with Gasteiger partial charge in [-0.3, -0.25) is 24.0 Å². The van der Waals surface area contributed by atoms with Crippen LogP contribution in [0.2, 0.25) is 0 Å². The quantitative estimate of drug-likeness (QED) is 0.102. The Morgan fingerprint density at radius 2 is 1.66 bits per heavy atom. The zero-order valence-corrected chi connectivity index (χ0v) is 23.8. The van der Waals surface area contributed by atoms with Gasteiger partial charge >= 0.3 is 11.9 Å². The normalized spacial score (nSPS) is 17.1. The summed E-state index contributed by atoms with van der Waals surface area (Å²) in [5.74, 6) is -5.64. The van der Waals surface area contributed by atoms with E-state index < -0.39 is 78.8 Å². The van der Waals surface area contributed by atoms with E-state index in [2.05, 4.69) is 25.9 Å². The number of aliphatic hydroxyl groups excluding tert-OH is 1. The highest BCUT2D eigenvalue weighted by molar-refractivity contribution is 5.96. The number of likely N-dealkylation sites (tertiary alicyclic amines) is 1. The van der Waals surface area contributed by atoms with Gasteiger partial charge in [-0.05, 0) is 24.8 Å². The molecule has 2 aromatic rings. The standard InChI is InChI=1S/C28H37N7O9/c29-18(14-36)27(42)35-10-4-7-22(35)26(41)33-20(12-17-13-30-15-31-17)25(40)32-19(8-9-23(37)38)24(39)34-21(28(43)44)11-16-5-2-1-3-6-16/h1-3,5-6,13,15,18-22,36H,4,7-12,14,29H2,(H,30,31)(H,32,40)(H,33,41)(H,34,39)(H,37,38)(H,43,44)/t18-,19-,20-,21+,22-/m1/s1. The molecule has 9 N–H and O–H groups in total. The average molecular weight is 616 g/mol. The minimum Gasteiger partial charge on any atom is -0.481 e. The molecule has 1 fully saturated rings. The number of hydrogen-bond acceptors (Lipinski definition) is 9. The van der Waals surface area contributed by atoms with E-state index in [0.29, 0.717) is 17.7 Å². The number of rotatable bonds is 16. The van der Waals surface area contributed by atoms with Crippen LogP contribution in [0.15, 0.2) is 42.9 Å². The number of H-pyrrole nitrogens is 1. The predicted molar refractivity (Wildman–Crippen MR) is 153 cm³/mol. The van der Waals surface area contributed by atoms with Crippen molar-refractivity contribution in [3.05, 3.63) is 54.1 Å². The van der Waals surface area contributed by atoms with Crippen LogP contribution in [0.25, 0.3) is 0 Å². The SMILES string of the molecule is N[C@H](CO)C(=O)N1CCC[C@@H]1C(=O)N[C@H](Cc1c[nH]cn1)C(=O)N[C@H](CCC(=O)O)C(=O)N[C@@H](Cc1ccccc1)C(=O)O. The lowest BCUT2D eigenvalue weighted by molar-refractivity contribution is -0.143. The molecule has 0 spiro atoms. The van der Waals surface area contributed by atoms with E-state index in [9.17, 15) is 44.1 Å². The van der Waals surface area contributed by atoms with E-state index in [-0.39, 0.29) is 32.2 Å². The van der Waals surface area contributed by atoms with Crippen molar-refractivity contribution in [1.29, 1.82) is 0 Å². The van der Waals surface area contributed by atoms with Gasteiger partial charge in [-0.2, -0.15) is 0 Å². The maximum absolute atomic E-state index is 13.5. The molecule has 4 amide bonds. The van der Waals surface area contributed by atoms with Crippen molar-refractivity contribution in [3.63, 3.8) is 0 Å². The van der Waals surface area contributed by atoms with Crippen LogP contribution in [0.4, 0.5) is 0 Å². The minimum absolute atomic E-state index is 0.0596. The van der Waals surface area contributed by atoms with Crippen LogP contribution < -0.4 is 21.7 Å². The van der Waals surface area contributed by atoms with Crippen LogP contribution in [-0.2, 0) is 41.6 Å². The lowest BCUT2D eigenvalue weighted by atomic mass is 10.0. The molecule has 0 bridgehead atoms. The summed E-state index contributed by atoms with van der Waals surface area (Å²) in [6.45, 7) is -0.381. The Balaban J connectivity index is 1.78. The molecule has 16 nitrogen and oxygen atoms in total. The summed E-state index contributed by atoms with van der Waals surface area (Å²) in [5, 5.41) is 35.6. The first-order chi connectivity index (χ1) is 21.0. The topological polar surface area (TPSA) is 257 Å². The van der Waals surface area contributed by atoms with E-state index in [1.807, 2.05) is 0 Å². The second-order valence-electron chi connectivity index (χ2n) is 10.4. The third kappa shape index (κ3) is 9.60. The number of carbonyl (C=O) groups excluding carboxylic acids is 4. The van der Waals surface area contributed by atoms with Crippen LogP contribution in [0.3, 0.4) is 0 Å². The van der Waals surface area contributed by atoms with Gasteiger partial charge in [0.1, 0.15) is 30.2 Å². The molecule has 0 unspecified atom stereocenters. The van der Waals surface area contributed by atoms with Crippen LogP contribution >= 0.6 is 0 Å². The van der Waals surface area contributed by atoms with Gasteiger partial charge in [0.25, 0.3) is 0 Å². The number of nitrogens with zero attached hydrogens (tertiary/aromatic N) is 2. The van der Waals surface area contributed by atoms with Gasteiger partial charge in [-0.15, -0.1) is 0 Å². The Hall–Kier alpha value is -4.83. The van der Waals surface area contributed by atoms with Gasteiger partial charge in [-0.1, -0.05) is 30.3 Å². The number of aliphatic hydroxyl groups is 1. The molecule has 0 radical (unpaired) electrons. The van der Waals surface area contributed by atoms with E-state index in [1.54, 1.807) is 30.3 Å². The lowest BCUT2D eigenvalue weighted by Crippen LogP contribution is -2.59. The number of amides is 4. The van der Waals surface area contributed by atoms with Crippen molar-refractivity contribution in [2.75, 3.05) is 13.2 Å². The molecule has 0 saturated carbocycles. The Kier molecular flexibility index (Phi) is 12.3. The molecule has 5 atom stereocenters. The number of carboxylic acid groups (broad SMARTS) is 2. The van der Waals surface area contributed by atoms with E-state index in [1.165, 1.54) is 17.4 Å². The first-order valence-corrected chi connectivity index (χ1v) is 14.0.